The number of hydrogen-bond acceptors (Lipinski definition) is 2. The Balaban J connectivity index is 1.36. The van der Waals surface area contributed by atoms with Crippen molar-refractivity contribution < 1.29 is 4.39 Å². The first-order chi connectivity index (χ1) is 13.6. The third-order valence-corrected chi connectivity index (χ3v) is 6.55. The van der Waals surface area contributed by atoms with E-state index < -0.39 is 0 Å². The molecular weight excluding hydrogens is 369 g/mol. The number of nitrogens with one attached hydrogen (secondary N) is 2. The van der Waals surface area contributed by atoms with Crippen LogP contribution < -0.4 is 10.6 Å². The monoisotopic (exact) mass is 397 g/mol. The van der Waals surface area contributed by atoms with Crippen molar-refractivity contribution in [2.24, 2.45) is 0 Å². The second kappa shape index (κ2) is 8.58. The molecule has 0 saturated carbocycles. The fraction of sp³-hybridized carbons (Fsp3) is 0.435. The Morgan fingerprint density at radius 2 is 1.86 bits per heavy atom. The van der Waals surface area contributed by atoms with Crippen LogP contribution in [0, 0.1) is 5.82 Å². The lowest BCUT2D eigenvalue weighted by molar-refractivity contribution is 0.200. The van der Waals surface area contributed by atoms with Crippen LogP contribution in [0.2, 0.25) is 0 Å². The van der Waals surface area contributed by atoms with Gasteiger partial charge in [0.25, 0.3) is 0 Å². The van der Waals surface area contributed by atoms with Gasteiger partial charge in [0, 0.05) is 19.3 Å². The van der Waals surface area contributed by atoms with Crippen LogP contribution in [-0.2, 0) is 6.42 Å². The maximum Gasteiger partial charge on any atom is 0.170 e. The van der Waals surface area contributed by atoms with E-state index in [4.69, 9.17) is 12.2 Å². The Hall–Kier alpha value is -1.98. The van der Waals surface area contributed by atoms with Crippen molar-refractivity contribution >= 4 is 23.0 Å². The van der Waals surface area contributed by atoms with Crippen LogP contribution in [0.25, 0.3) is 0 Å². The van der Waals surface area contributed by atoms with E-state index in [2.05, 4.69) is 33.7 Å². The van der Waals surface area contributed by atoms with Gasteiger partial charge in [0.2, 0.25) is 0 Å². The van der Waals surface area contributed by atoms with Gasteiger partial charge in [0.15, 0.2) is 5.11 Å². The zero-order chi connectivity index (χ0) is 19.5. The molecule has 2 aromatic carbocycles. The minimum absolute atomic E-state index is 0.148. The van der Waals surface area contributed by atoms with Crippen molar-refractivity contribution in [1.82, 2.24) is 10.2 Å². The molecule has 1 aliphatic carbocycles. The average Bonchev–Trinajstić information content (AvgIpc) is 3.11. The molecule has 4 rings (SSSR count). The fourth-order valence-corrected chi connectivity index (χ4v) is 4.76. The number of benzene rings is 2. The van der Waals surface area contributed by atoms with Gasteiger partial charge in [0.05, 0.1) is 0 Å². The molecule has 1 heterocycles. The van der Waals surface area contributed by atoms with E-state index in [0.29, 0.717) is 16.9 Å². The SMILES string of the molecule is CNC(=S)Nc1ccc2c(c1)C(CN1CCC(c3ccc(F)cc3)CC1)CC2. The first-order valence-corrected chi connectivity index (χ1v) is 10.6. The van der Waals surface area contributed by atoms with Crippen molar-refractivity contribution in [2.75, 3.05) is 32.0 Å². The third-order valence-electron chi connectivity index (χ3n) is 6.24. The number of thiocarbonyl (C=S) groups is 1. The molecule has 1 atom stereocenters. The lowest BCUT2D eigenvalue weighted by Crippen LogP contribution is -2.35. The first kappa shape index (κ1) is 19.3. The lowest BCUT2D eigenvalue weighted by Gasteiger charge is -2.34. The lowest BCUT2D eigenvalue weighted by atomic mass is 9.89. The van der Waals surface area contributed by atoms with Gasteiger partial charge >= 0.3 is 0 Å². The number of aryl methyl sites for hydroxylation is 1. The van der Waals surface area contributed by atoms with Gasteiger partial charge in [-0.15, -0.1) is 0 Å². The minimum Gasteiger partial charge on any atom is -0.366 e. The van der Waals surface area contributed by atoms with Crippen LogP contribution in [0.1, 0.15) is 47.8 Å². The molecule has 0 amide bonds. The average molecular weight is 398 g/mol. The van der Waals surface area contributed by atoms with Gasteiger partial charge in [-0.25, -0.2) is 4.39 Å². The highest BCUT2D eigenvalue weighted by atomic mass is 32.1. The molecule has 0 spiro atoms. The Labute approximate surface area is 172 Å². The second-order valence-electron chi connectivity index (χ2n) is 7.98. The van der Waals surface area contributed by atoms with Crippen molar-refractivity contribution in [3.63, 3.8) is 0 Å². The van der Waals surface area contributed by atoms with Crippen molar-refractivity contribution in [2.45, 2.75) is 37.5 Å². The van der Waals surface area contributed by atoms with Gasteiger partial charge < -0.3 is 15.5 Å². The molecule has 2 aliphatic rings. The van der Waals surface area contributed by atoms with E-state index in [-0.39, 0.29) is 5.82 Å². The van der Waals surface area contributed by atoms with Crippen LogP contribution in [0.5, 0.6) is 0 Å². The number of fused-ring (bicyclic) bond motifs is 1. The minimum atomic E-state index is -0.148. The summed E-state index contributed by atoms with van der Waals surface area (Å²) < 4.78 is 13.2. The molecule has 1 aliphatic heterocycles. The molecule has 1 unspecified atom stereocenters. The van der Waals surface area contributed by atoms with Crippen LogP contribution >= 0.6 is 12.2 Å². The number of anilines is 1. The fourth-order valence-electron chi connectivity index (χ4n) is 4.64. The molecule has 0 aromatic heterocycles. The van der Waals surface area contributed by atoms with Crippen LogP contribution in [0.15, 0.2) is 42.5 Å². The van der Waals surface area contributed by atoms with Gasteiger partial charge in [-0.2, -0.15) is 0 Å². The van der Waals surface area contributed by atoms with Gasteiger partial charge in [-0.3, -0.25) is 0 Å². The third kappa shape index (κ3) is 4.36. The number of likely N-dealkylation sites (tertiary alicyclic amines) is 1. The van der Waals surface area contributed by atoms with E-state index in [0.717, 1.165) is 38.2 Å². The summed E-state index contributed by atoms with van der Waals surface area (Å²) in [5.74, 6) is 1.01. The van der Waals surface area contributed by atoms with Crippen LogP contribution in [0.4, 0.5) is 10.1 Å². The smallest absolute Gasteiger partial charge is 0.170 e. The highest BCUT2D eigenvalue weighted by Gasteiger charge is 2.27. The van der Waals surface area contributed by atoms with Crippen molar-refractivity contribution in [3.8, 4) is 0 Å². The molecule has 1 saturated heterocycles. The topological polar surface area (TPSA) is 27.3 Å². The Morgan fingerprint density at radius 3 is 2.57 bits per heavy atom. The van der Waals surface area contributed by atoms with Gasteiger partial charge in [-0.1, -0.05) is 18.2 Å². The summed E-state index contributed by atoms with van der Waals surface area (Å²) in [6.07, 6.45) is 4.71. The van der Waals surface area contributed by atoms with E-state index in [9.17, 15) is 4.39 Å². The van der Waals surface area contributed by atoms with Gasteiger partial charge in [0.1, 0.15) is 5.82 Å². The van der Waals surface area contributed by atoms with Crippen LogP contribution in [-0.4, -0.2) is 36.7 Å². The van der Waals surface area contributed by atoms with Crippen molar-refractivity contribution in [3.05, 3.63) is 65.0 Å². The summed E-state index contributed by atoms with van der Waals surface area (Å²) >= 11 is 5.23. The molecule has 0 bridgehead atoms. The van der Waals surface area contributed by atoms with Gasteiger partial charge in [-0.05, 0) is 104 Å². The predicted molar refractivity (Wildman–Crippen MR) is 118 cm³/mol. The van der Waals surface area contributed by atoms with Crippen molar-refractivity contribution in [1.29, 1.82) is 0 Å². The Kier molecular flexibility index (Phi) is 5.93. The normalized spacial score (nSPS) is 20.0. The number of piperidine rings is 1. The number of hydrogen-bond donors (Lipinski definition) is 2. The maximum atomic E-state index is 13.2. The molecule has 148 valence electrons. The molecule has 2 aromatic rings. The van der Waals surface area contributed by atoms with E-state index >= 15 is 0 Å². The standard InChI is InChI=1S/C23H28FN3S/c1-25-23(28)26-21-9-6-18-2-3-19(22(18)14-21)15-27-12-10-17(11-13-27)16-4-7-20(24)8-5-16/h4-9,14,17,19H,2-3,10-13,15H2,1H3,(H2,25,26,28). The molecular formula is C23H28FN3S. The summed E-state index contributed by atoms with van der Waals surface area (Å²) in [5.41, 5.74) is 5.31. The summed E-state index contributed by atoms with van der Waals surface area (Å²) in [7, 11) is 1.83. The molecule has 0 radical (unpaired) electrons. The zero-order valence-corrected chi connectivity index (χ0v) is 17.2. The quantitative estimate of drug-likeness (QED) is 0.735. The summed E-state index contributed by atoms with van der Waals surface area (Å²) in [4.78, 5) is 2.61. The maximum absolute atomic E-state index is 13.2. The predicted octanol–water partition coefficient (Wildman–Crippen LogP) is 4.65. The highest BCUT2D eigenvalue weighted by Crippen LogP contribution is 2.37. The number of rotatable bonds is 4. The summed E-state index contributed by atoms with van der Waals surface area (Å²) in [6, 6.07) is 13.7. The Bertz CT molecular complexity index is 828. The largest absolute Gasteiger partial charge is 0.366 e. The first-order valence-electron chi connectivity index (χ1n) is 10.2. The number of nitrogens with zero attached hydrogens (tertiary/aromatic N) is 1. The van der Waals surface area contributed by atoms with Crippen LogP contribution in [0.3, 0.4) is 0 Å². The zero-order valence-electron chi connectivity index (χ0n) is 16.4. The highest BCUT2D eigenvalue weighted by molar-refractivity contribution is 7.80. The molecule has 1 fully saturated rings. The molecule has 2 N–H and O–H groups in total. The Morgan fingerprint density at radius 1 is 1.11 bits per heavy atom. The van der Waals surface area contributed by atoms with E-state index in [1.807, 2.05) is 19.2 Å². The summed E-state index contributed by atoms with van der Waals surface area (Å²) in [6.45, 7) is 3.37. The number of halogens is 1. The molecule has 28 heavy (non-hydrogen) atoms. The van der Waals surface area contributed by atoms with E-state index in [1.165, 1.54) is 29.5 Å². The molecule has 5 heteroatoms. The molecule has 3 nitrogen and oxygen atoms in total. The van der Waals surface area contributed by atoms with E-state index in [1.54, 1.807) is 12.1 Å². The second-order valence-corrected chi connectivity index (χ2v) is 8.39. The summed E-state index contributed by atoms with van der Waals surface area (Å²) in [5, 5.41) is 6.87.